The van der Waals surface area contributed by atoms with Gasteiger partial charge in [0.25, 0.3) is 10.0 Å². The van der Waals surface area contributed by atoms with Crippen LogP contribution in [0.25, 0.3) is 0 Å². The number of hydrogen-bond donors (Lipinski definition) is 0. The van der Waals surface area contributed by atoms with Gasteiger partial charge in [0, 0.05) is 6.54 Å². The molecule has 2 aromatic rings. The molecule has 0 saturated carbocycles. The lowest BCUT2D eigenvalue weighted by Crippen LogP contribution is -2.36. The van der Waals surface area contributed by atoms with E-state index in [9.17, 15) is 13.2 Å². The van der Waals surface area contributed by atoms with Crippen molar-refractivity contribution in [2.75, 3.05) is 25.1 Å². The van der Waals surface area contributed by atoms with Crippen molar-refractivity contribution in [1.82, 2.24) is 0 Å². The Kier molecular flexibility index (Phi) is 5.65. The summed E-state index contributed by atoms with van der Waals surface area (Å²) in [4.78, 5) is 11.9. The molecule has 0 N–H and O–H groups in total. The number of esters is 1. The maximum atomic E-state index is 13.6. The molecule has 1 heterocycles. The Morgan fingerprint density at radius 3 is 2.39 bits per heavy atom. The number of ether oxygens (including phenoxy) is 2. The van der Waals surface area contributed by atoms with Gasteiger partial charge < -0.3 is 9.47 Å². The van der Waals surface area contributed by atoms with E-state index in [4.69, 9.17) is 9.47 Å². The Morgan fingerprint density at radius 2 is 1.79 bits per heavy atom. The van der Waals surface area contributed by atoms with Crippen LogP contribution in [-0.2, 0) is 32.4 Å². The zero-order valence-corrected chi connectivity index (χ0v) is 17.4. The van der Waals surface area contributed by atoms with Crippen molar-refractivity contribution in [3.05, 3.63) is 52.6 Å². The molecule has 0 bridgehead atoms. The number of anilines is 1. The SMILES string of the molecule is COC(=O)Cc1ccc2c(c1)N(S(=O)(=O)c1c(C)cc(OC)cc1C)CCC2. The highest BCUT2D eigenvalue weighted by atomic mass is 32.2. The van der Waals surface area contributed by atoms with Crippen molar-refractivity contribution in [3.63, 3.8) is 0 Å². The lowest BCUT2D eigenvalue weighted by Gasteiger charge is -2.32. The molecular weight excluding hydrogens is 378 g/mol. The number of nitrogens with zero attached hydrogens (tertiary/aromatic N) is 1. The number of sulfonamides is 1. The van der Waals surface area contributed by atoms with Gasteiger partial charge in [0.15, 0.2) is 0 Å². The average molecular weight is 404 g/mol. The summed E-state index contributed by atoms with van der Waals surface area (Å²) in [6, 6.07) is 9.02. The Bertz CT molecular complexity index is 990. The summed E-state index contributed by atoms with van der Waals surface area (Å²) < 4.78 is 38.6. The Balaban J connectivity index is 2.08. The normalized spacial score (nSPS) is 13.8. The third-order valence-electron chi connectivity index (χ3n) is 5.02. The van der Waals surface area contributed by atoms with E-state index in [1.165, 1.54) is 11.4 Å². The topological polar surface area (TPSA) is 72.9 Å². The number of carbonyl (C=O) groups is 1. The number of methoxy groups -OCH3 is 2. The van der Waals surface area contributed by atoms with Gasteiger partial charge in [-0.15, -0.1) is 0 Å². The first-order chi connectivity index (χ1) is 13.3. The second kappa shape index (κ2) is 7.83. The van der Waals surface area contributed by atoms with E-state index in [2.05, 4.69) is 0 Å². The minimum atomic E-state index is -3.75. The van der Waals surface area contributed by atoms with Crippen LogP contribution in [0.2, 0.25) is 0 Å². The largest absolute Gasteiger partial charge is 0.497 e. The Hall–Kier alpha value is -2.54. The van der Waals surface area contributed by atoms with Crippen LogP contribution in [0.15, 0.2) is 35.2 Å². The van der Waals surface area contributed by atoms with Gasteiger partial charge in [-0.1, -0.05) is 12.1 Å². The van der Waals surface area contributed by atoms with Gasteiger partial charge in [0.05, 0.1) is 31.2 Å². The van der Waals surface area contributed by atoms with Crippen molar-refractivity contribution in [1.29, 1.82) is 0 Å². The van der Waals surface area contributed by atoms with E-state index in [1.54, 1.807) is 39.2 Å². The monoisotopic (exact) mass is 403 g/mol. The molecule has 0 radical (unpaired) electrons. The molecule has 0 saturated heterocycles. The number of hydrogen-bond acceptors (Lipinski definition) is 5. The first-order valence-electron chi connectivity index (χ1n) is 9.14. The molecule has 6 nitrogen and oxygen atoms in total. The molecule has 1 aliphatic heterocycles. The van der Waals surface area contributed by atoms with Crippen molar-refractivity contribution < 1.29 is 22.7 Å². The Morgan fingerprint density at radius 1 is 1.11 bits per heavy atom. The van der Waals surface area contributed by atoms with Gasteiger partial charge >= 0.3 is 5.97 Å². The van der Waals surface area contributed by atoms with E-state index >= 15 is 0 Å². The van der Waals surface area contributed by atoms with Crippen molar-refractivity contribution in [2.45, 2.75) is 38.0 Å². The number of carbonyl (C=O) groups excluding carboxylic acids is 1. The molecule has 0 spiro atoms. The number of benzene rings is 2. The fourth-order valence-corrected chi connectivity index (χ4v) is 5.68. The first kappa shape index (κ1) is 20.2. The predicted octanol–water partition coefficient (Wildman–Crippen LogP) is 3.17. The third kappa shape index (κ3) is 3.71. The van der Waals surface area contributed by atoms with Gasteiger partial charge in [0.1, 0.15) is 5.75 Å². The fraction of sp³-hybridized carbons (Fsp3) is 0.381. The first-order valence-corrected chi connectivity index (χ1v) is 10.6. The smallest absolute Gasteiger partial charge is 0.309 e. The molecule has 3 rings (SSSR count). The maximum absolute atomic E-state index is 13.6. The highest BCUT2D eigenvalue weighted by Gasteiger charge is 2.32. The van der Waals surface area contributed by atoms with Crippen LogP contribution in [0.4, 0.5) is 5.69 Å². The highest BCUT2D eigenvalue weighted by Crippen LogP contribution is 2.36. The van der Waals surface area contributed by atoms with Crippen LogP contribution in [0.3, 0.4) is 0 Å². The molecule has 0 fully saturated rings. The van der Waals surface area contributed by atoms with Gasteiger partial charge in [-0.3, -0.25) is 9.10 Å². The lowest BCUT2D eigenvalue weighted by molar-refractivity contribution is -0.139. The van der Waals surface area contributed by atoms with Gasteiger partial charge in [-0.2, -0.15) is 0 Å². The molecule has 0 aliphatic carbocycles. The standard InChI is InChI=1S/C21H25NO5S/c1-14-10-18(26-3)11-15(2)21(14)28(24,25)22-9-5-6-17-8-7-16(12-19(17)22)13-20(23)27-4/h7-8,10-12H,5-6,9,13H2,1-4H3. The summed E-state index contributed by atoms with van der Waals surface area (Å²) in [5.41, 5.74) is 3.63. The van der Waals surface area contributed by atoms with Crippen molar-refractivity contribution in [2.24, 2.45) is 0 Å². The Labute approximate surface area is 166 Å². The summed E-state index contributed by atoms with van der Waals surface area (Å²) in [6.45, 7) is 3.96. The molecule has 0 atom stereocenters. The zero-order chi connectivity index (χ0) is 20.5. The molecule has 7 heteroatoms. The van der Waals surface area contributed by atoms with Gasteiger partial charge in [-0.25, -0.2) is 8.42 Å². The maximum Gasteiger partial charge on any atom is 0.309 e. The van der Waals surface area contributed by atoms with Crippen LogP contribution >= 0.6 is 0 Å². The molecule has 150 valence electrons. The molecule has 28 heavy (non-hydrogen) atoms. The highest BCUT2D eigenvalue weighted by molar-refractivity contribution is 7.93. The molecule has 0 amide bonds. The number of fused-ring (bicyclic) bond motifs is 1. The van der Waals surface area contributed by atoms with Gasteiger partial charge in [-0.05, 0) is 67.1 Å². The average Bonchev–Trinajstić information content (AvgIpc) is 2.66. The summed E-state index contributed by atoms with van der Waals surface area (Å²) in [5, 5.41) is 0. The molecule has 0 aromatic heterocycles. The van der Waals surface area contributed by atoms with Gasteiger partial charge in [0.2, 0.25) is 0 Å². The summed E-state index contributed by atoms with van der Waals surface area (Å²) in [5.74, 6) is 0.278. The molecule has 2 aromatic carbocycles. The van der Waals surface area contributed by atoms with Crippen molar-refractivity contribution >= 4 is 21.7 Å². The minimum Gasteiger partial charge on any atom is -0.497 e. The fourth-order valence-electron chi connectivity index (χ4n) is 3.73. The molecule has 0 unspecified atom stereocenters. The van der Waals surface area contributed by atoms with Crippen LogP contribution in [0, 0.1) is 13.8 Å². The molecule has 1 aliphatic rings. The van der Waals surface area contributed by atoms with Crippen LogP contribution < -0.4 is 9.04 Å². The van der Waals surface area contributed by atoms with Crippen LogP contribution in [0.5, 0.6) is 5.75 Å². The van der Waals surface area contributed by atoms with E-state index in [0.717, 1.165) is 24.0 Å². The van der Waals surface area contributed by atoms with E-state index in [1.807, 2.05) is 12.1 Å². The number of aryl methyl sites for hydroxylation is 3. The predicted molar refractivity (Wildman–Crippen MR) is 107 cm³/mol. The third-order valence-corrected chi connectivity index (χ3v) is 7.14. The van der Waals surface area contributed by atoms with Crippen LogP contribution in [-0.4, -0.2) is 35.2 Å². The quantitative estimate of drug-likeness (QED) is 0.717. The summed E-state index contributed by atoms with van der Waals surface area (Å²) >= 11 is 0. The minimum absolute atomic E-state index is 0.109. The second-order valence-electron chi connectivity index (χ2n) is 6.99. The van der Waals surface area contributed by atoms with Crippen molar-refractivity contribution in [3.8, 4) is 5.75 Å². The second-order valence-corrected chi connectivity index (χ2v) is 8.79. The van der Waals surface area contributed by atoms with E-state index in [0.29, 0.717) is 34.0 Å². The summed E-state index contributed by atoms with van der Waals surface area (Å²) in [7, 11) is -0.849. The van der Waals surface area contributed by atoms with Crippen LogP contribution in [0.1, 0.15) is 28.7 Å². The number of rotatable bonds is 5. The lowest BCUT2D eigenvalue weighted by atomic mass is 10.00. The molecular formula is C21H25NO5S. The zero-order valence-electron chi connectivity index (χ0n) is 16.6. The summed E-state index contributed by atoms with van der Waals surface area (Å²) in [6.07, 6.45) is 1.66. The van der Waals surface area contributed by atoms with E-state index in [-0.39, 0.29) is 12.4 Å². The van der Waals surface area contributed by atoms with E-state index < -0.39 is 10.0 Å².